The van der Waals surface area contributed by atoms with Crippen molar-refractivity contribution in [2.45, 2.75) is 17.9 Å². The summed E-state index contributed by atoms with van der Waals surface area (Å²) in [6.07, 6.45) is -1.21. The molecule has 3 rings (SSSR count). The second-order valence-electron chi connectivity index (χ2n) is 7.57. The monoisotopic (exact) mass is 488 g/mol. The molecule has 0 saturated heterocycles. The fourth-order valence-corrected chi connectivity index (χ4v) is 3.40. The molecule has 0 spiro atoms. The number of carbonyl (C=O) groups excluding carboxylic acids is 1. The van der Waals surface area contributed by atoms with Gasteiger partial charge in [-0.15, -0.1) is 0 Å². The molecule has 0 heterocycles. The summed E-state index contributed by atoms with van der Waals surface area (Å²) in [7, 11) is 1.28. The van der Waals surface area contributed by atoms with Crippen LogP contribution >= 0.6 is 11.6 Å². The zero-order valence-corrected chi connectivity index (χ0v) is 18.9. The third-order valence-electron chi connectivity index (χ3n) is 5.06. The molecule has 180 valence electrons. The lowest BCUT2D eigenvalue weighted by Crippen LogP contribution is -2.67. The maximum Gasteiger partial charge on any atom is 0.337 e. The summed E-state index contributed by atoms with van der Waals surface area (Å²) in [5, 5.41) is 56.2. The van der Waals surface area contributed by atoms with E-state index in [0.717, 1.165) is 0 Å². The third-order valence-corrected chi connectivity index (χ3v) is 5.29. The van der Waals surface area contributed by atoms with E-state index in [1.165, 1.54) is 25.3 Å². The molecule has 0 aromatic heterocycles. The van der Waals surface area contributed by atoms with Crippen molar-refractivity contribution in [2.75, 3.05) is 19.0 Å². The summed E-state index contributed by atoms with van der Waals surface area (Å²) in [5.74, 6) is -7.02. The zero-order chi connectivity index (χ0) is 24.9. The summed E-state index contributed by atoms with van der Waals surface area (Å²) in [4.78, 5) is 11.8. The van der Waals surface area contributed by atoms with Gasteiger partial charge in [-0.25, -0.2) is 4.79 Å². The molecule has 1 unspecified atom stereocenters. The molecule has 0 aliphatic carbocycles. The van der Waals surface area contributed by atoms with Crippen LogP contribution in [0.5, 0.6) is 0 Å². The van der Waals surface area contributed by atoms with E-state index in [-0.39, 0.29) is 5.69 Å². The van der Waals surface area contributed by atoms with Gasteiger partial charge in [0.05, 0.1) is 18.8 Å². The first-order valence-electron chi connectivity index (χ1n) is 10.2. The lowest BCUT2D eigenvalue weighted by molar-refractivity contribution is -0.357. The summed E-state index contributed by atoms with van der Waals surface area (Å²) in [5.41, 5.74) is 2.12. The summed E-state index contributed by atoms with van der Waals surface area (Å²) >= 11 is 5.89. The van der Waals surface area contributed by atoms with Crippen molar-refractivity contribution in [3.63, 3.8) is 0 Å². The Kier molecular flexibility index (Phi) is 7.90. The second-order valence-corrected chi connectivity index (χ2v) is 8.01. The highest BCUT2D eigenvalue weighted by molar-refractivity contribution is 6.30. The van der Waals surface area contributed by atoms with Gasteiger partial charge in [-0.05, 0) is 53.1 Å². The van der Waals surface area contributed by atoms with Gasteiger partial charge in [0.2, 0.25) is 0 Å². The van der Waals surface area contributed by atoms with E-state index in [9.17, 15) is 30.3 Å². The van der Waals surface area contributed by atoms with Gasteiger partial charge >= 0.3 is 17.8 Å². The average molecular weight is 489 g/mol. The Morgan fingerprint density at radius 2 is 1.59 bits per heavy atom. The molecule has 0 saturated carbocycles. The van der Waals surface area contributed by atoms with E-state index in [1.54, 1.807) is 54.6 Å². The van der Waals surface area contributed by atoms with Gasteiger partial charge < -0.3 is 35.6 Å². The topological polar surface area (TPSA) is 152 Å². The van der Waals surface area contributed by atoms with Crippen LogP contribution in [0, 0.1) is 0 Å². The largest absolute Gasteiger partial charge is 0.465 e. The van der Waals surface area contributed by atoms with Crippen LogP contribution in [0.2, 0.25) is 5.02 Å². The third kappa shape index (κ3) is 6.10. The van der Waals surface area contributed by atoms with E-state index in [1.807, 2.05) is 0 Å². The number of aliphatic hydroxyl groups excluding tert-OH is 1. The van der Waals surface area contributed by atoms with Gasteiger partial charge in [-0.1, -0.05) is 48.0 Å². The highest BCUT2D eigenvalue weighted by atomic mass is 35.5. The van der Waals surface area contributed by atoms with E-state index in [0.29, 0.717) is 27.3 Å². The van der Waals surface area contributed by atoms with Crippen LogP contribution in [-0.2, 0) is 4.74 Å². The van der Waals surface area contributed by atoms with Gasteiger partial charge in [0, 0.05) is 17.3 Å². The first kappa shape index (κ1) is 25.6. The molecule has 0 radical (unpaired) electrons. The number of anilines is 1. The fraction of sp³-hybridized carbons (Fsp3) is 0.208. The minimum atomic E-state index is -3.26. The van der Waals surface area contributed by atoms with Crippen LogP contribution in [0.4, 0.5) is 5.69 Å². The molecule has 9 nitrogen and oxygen atoms in total. The van der Waals surface area contributed by atoms with Crippen molar-refractivity contribution in [3.05, 3.63) is 88.9 Å². The van der Waals surface area contributed by atoms with Crippen LogP contribution in [0.25, 0.3) is 11.1 Å². The highest BCUT2D eigenvalue weighted by Crippen LogP contribution is 2.27. The first-order valence-corrected chi connectivity index (χ1v) is 10.6. The number of hydrogen-bond donors (Lipinski definition) is 7. The summed E-state index contributed by atoms with van der Waals surface area (Å²) in [6.45, 7) is -0.432. The van der Waals surface area contributed by atoms with E-state index in [2.05, 4.69) is 10.6 Å². The number of aliphatic hydroxyl groups is 5. The predicted molar refractivity (Wildman–Crippen MR) is 126 cm³/mol. The highest BCUT2D eigenvalue weighted by Gasteiger charge is 2.48. The van der Waals surface area contributed by atoms with Crippen LogP contribution in [0.1, 0.15) is 22.0 Å². The number of methoxy groups -OCH3 is 1. The van der Waals surface area contributed by atoms with Crippen molar-refractivity contribution in [3.8, 4) is 11.1 Å². The molecule has 0 amide bonds. The van der Waals surface area contributed by atoms with Gasteiger partial charge in [0.1, 0.15) is 0 Å². The van der Waals surface area contributed by atoms with Crippen molar-refractivity contribution in [2.24, 2.45) is 0 Å². The Hall–Kier alpha value is -3.02. The van der Waals surface area contributed by atoms with Crippen molar-refractivity contribution >= 4 is 23.3 Å². The number of hydrogen-bond acceptors (Lipinski definition) is 9. The number of ether oxygens (including phenoxy) is 1. The van der Waals surface area contributed by atoms with Gasteiger partial charge in [-0.3, -0.25) is 5.32 Å². The van der Waals surface area contributed by atoms with Gasteiger partial charge in [0.15, 0.2) is 0 Å². The Balaban J connectivity index is 1.73. The van der Waals surface area contributed by atoms with Crippen LogP contribution in [0.15, 0.2) is 72.8 Å². The Morgan fingerprint density at radius 1 is 0.941 bits per heavy atom. The Bertz CT molecular complexity index is 1150. The lowest BCUT2D eigenvalue weighted by Gasteiger charge is -2.36. The number of benzene rings is 3. The van der Waals surface area contributed by atoms with E-state index < -0.39 is 30.4 Å². The number of halogens is 1. The standard InChI is InChI=1S/C24H25ClN2O7/c1-34-22(29)18-8-2-5-15(11-18)16-6-4-10-20(13-16)27-24(32,33)23(30,31)26-14-21(28)17-7-3-9-19(25)12-17/h2-13,21,26-28,30-33H,14H2,1H3. The van der Waals surface area contributed by atoms with Crippen LogP contribution in [-0.4, -0.2) is 57.0 Å². The first-order chi connectivity index (χ1) is 16.0. The number of esters is 1. The lowest BCUT2D eigenvalue weighted by atomic mass is 10.0. The van der Waals surface area contributed by atoms with Crippen LogP contribution in [0.3, 0.4) is 0 Å². The van der Waals surface area contributed by atoms with Crippen molar-refractivity contribution in [1.82, 2.24) is 5.32 Å². The Labute approximate surface area is 200 Å². The quantitative estimate of drug-likeness (QED) is 0.176. The molecule has 10 heteroatoms. The molecule has 34 heavy (non-hydrogen) atoms. The molecule has 3 aromatic carbocycles. The molecule has 3 aromatic rings. The maximum atomic E-state index is 11.8. The molecule has 0 fully saturated rings. The summed E-state index contributed by atoms with van der Waals surface area (Å²) in [6, 6.07) is 19.3. The average Bonchev–Trinajstić information content (AvgIpc) is 2.82. The van der Waals surface area contributed by atoms with Crippen molar-refractivity contribution < 1.29 is 35.1 Å². The molecule has 0 aliphatic rings. The molecule has 7 N–H and O–H groups in total. The summed E-state index contributed by atoms with van der Waals surface area (Å²) < 4.78 is 4.72. The van der Waals surface area contributed by atoms with Crippen LogP contribution < -0.4 is 10.6 Å². The second kappa shape index (κ2) is 10.5. The minimum absolute atomic E-state index is 0.135. The minimum Gasteiger partial charge on any atom is -0.465 e. The molecule has 0 aliphatic heterocycles. The number of nitrogens with one attached hydrogen (secondary N) is 2. The molecule has 1 atom stereocenters. The number of rotatable bonds is 9. The predicted octanol–water partition coefficient (Wildman–Crippen LogP) is 1.81. The smallest absolute Gasteiger partial charge is 0.337 e. The number of carbonyl (C=O) groups is 1. The normalized spacial score (nSPS) is 12.8. The van der Waals surface area contributed by atoms with Crippen molar-refractivity contribution in [1.29, 1.82) is 0 Å². The van der Waals surface area contributed by atoms with E-state index >= 15 is 0 Å². The van der Waals surface area contributed by atoms with Gasteiger partial charge in [-0.2, -0.15) is 0 Å². The van der Waals surface area contributed by atoms with E-state index in [4.69, 9.17) is 16.3 Å². The molecular weight excluding hydrogens is 464 g/mol. The maximum absolute atomic E-state index is 11.8. The molecule has 0 bridgehead atoms. The zero-order valence-electron chi connectivity index (χ0n) is 18.1. The fourth-order valence-electron chi connectivity index (χ4n) is 3.20. The molecular formula is C24H25ClN2O7. The SMILES string of the molecule is COC(=O)c1cccc(-c2cccc(NC(O)(O)C(O)(O)NCC(O)c3cccc(Cl)c3)c2)c1. The van der Waals surface area contributed by atoms with Gasteiger partial charge in [0.25, 0.3) is 0 Å². The Morgan fingerprint density at radius 3 is 2.26 bits per heavy atom.